The fraction of sp³-hybridized carbons (Fsp3) is 0.611. The Kier molecular flexibility index (Phi) is 5.70. The van der Waals surface area contributed by atoms with Gasteiger partial charge in [-0.3, -0.25) is 4.99 Å². The number of fused-ring (bicyclic) bond motifs is 1. The second kappa shape index (κ2) is 7.95. The minimum absolute atomic E-state index is 0.743. The van der Waals surface area contributed by atoms with Crippen LogP contribution >= 0.6 is 11.8 Å². The van der Waals surface area contributed by atoms with Gasteiger partial charge in [0.05, 0.1) is 0 Å². The largest absolute Gasteiger partial charge is 0.374 e. The highest BCUT2D eigenvalue weighted by Crippen LogP contribution is 2.27. The second-order valence-electron chi connectivity index (χ2n) is 6.43. The summed E-state index contributed by atoms with van der Waals surface area (Å²) in [5.74, 6) is 2.22. The SMILES string of the molecule is CN=C(NCc1ccc2c(c1)CCCN2C)NCC1CCCS1. The van der Waals surface area contributed by atoms with Gasteiger partial charge in [-0.15, -0.1) is 0 Å². The predicted octanol–water partition coefficient (Wildman–Crippen LogP) is 2.63. The molecule has 0 spiro atoms. The van der Waals surface area contributed by atoms with E-state index in [2.05, 4.69) is 57.5 Å². The number of anilines is 1. The van der Waals surface area contributed by atoms with Crippen molar-refractivity contribution in [2.75, 3.05) is 37.8 Å². The van der Waals surface area contributed by atoms with E-state index in [9.17, 15) is 0 Å². The average molecular weight is 333 g/mol. The van der Waals surface area contributed by atoms with Gasteiger partial charge in [-0.1, -0.05) is 12.1 Å². The number of nitrogens with one attached hydrogen (secondary N) is 2. The van der Waals surface area contributed by atoms with E-state index in [0.717, 1.165) is 24.3 Å². The van der Waals surface area contributed by atoms with Gasteiger partial charge in [0.15, 0.2) is 5.96 Å². The molecule has 5 heteroatoms. The lowest BCUT2D eigenvalue weighted by atomic mass is 9.99. The van der Waals surface area contributed by atoms with Gasteiger partial charge in [0, 0.05) is 44.7 Å². The molecule has 0 aliphatic carbocycles. The highest BCUT2D eigenvalue weighted by Gasteiger charge is 2.16. The van der Waals surface area contributed by atoms with Gasteiger partial charge in [0.1, 0.15) is 0 Å². The van der Waals surface area contributed by atoms with Gasteiger partial charge in [0.25, 0.3) is 0 Å². The molecule has 0 saturated carbocycles. The molecule has 0 radical (unpaired) electrons. The van der Waals surface area contributed by atoms with Crippen LogP contribution in [0.5, 0.6) is 0 Å². The third-order valence-electron chi connectivity index (χ3n) is 4.70. The molecule has 126 valence electrons. The zero-order chi connectivity index (χ0) is 16.1. The van der Waals surface area contributed by atoms with Gasteiger partial charge in [-0.05, 0) is 48.6 Å². The Morgan fingerprint density at radius 2 is 2.26 bits per heavy atom. The first kappa shape index (κ1) is 16.5. The van der Waals surface area contributed by atoms with E-state index in [4.69, 9.17) is 0 Å². The summed E-state index contributed by atoms with van der Waals surface area (Å²) in [6.45, 7) is 3.01. The van der Waals surface area contributed by atoms with Gasteiger partial charge in [-0.25, -0.2) is 0 Å². The molecule has 2 aliphatic heterocycles. The molecule has 4 nitrogen and oxygen atoms in total. The van der Waals surface area contributed by atoms with E-state index in [1.165, 1.54) is 54.8 Å². The zero-order valence-electron chi connectivity index (χ0n) is 14.3. The van der Waals surface area contributed by atoms with Gasteiger partial charge in [-0.2, -0.15) is 11.8 Å². The van der Waals surface area contributed by atoms with Crippen molar-refractivity contribution in [1.29, 1.82) is 0 Å². The lowest BCUT2D eigenvalue weighted by Gasteiger charge is -2.28. The number of thioether (sulfide) groups is 1. The van der Waals surface area contributed by atoms with Crippen molar-refractivity contribution in [3.8, 4) is 0 Å². The average Bonchev–Trinajstić information content (AvgIpc) is 3.08. The van der Waals surface area contributed by atoms with Crippen LogP contribution in [0.4, 0.5) is 5.69 Å². The van der Waals surface area contributed by atoms with E-state index < -0.39 is 0 Å². The Morgan fingerprint density at radius 1 is 1.35 bits per heavy atom. The first-order chi connectivity index (χ1) is 11.3. The molecule has 1 atom stereocenters. The first-order valence-corrected chi connectivity index (χ1v) is 9.70. The molecule has 0 amide bonds. The molecule has 2 aliphatic rings. The summed E-state index contributed by atoms with van der Waals surface area (Å²) >= 11 is 2.08. The first-order valence-electron chi connectivity index (χ1n) is 8.65. The molecule has 1 saturated heterocycles. The van der Waals surface area contributed by atoms with Gasteiger partial charge in [0.2, 0.25) is 0 Å². The number of aliphatic imine (C=N–C) groups is 1. The van der Waals surface area contributed by atoms with E-state index in [-0.39, 0.29) is 0 Å². The molecule has 1 aromatic rings. The summed E-state index contributed by atoms with van der Waals surface area (Å²) in [6.07, 6.45) is 5.13. The molecule has 1 unspecified atom stereocenters. The zero-order valence-corrected chi connectivity index (χ0v) is 15.1. The molecule has 0 bridgehead atoms. The quantitative estimate of drug-likeness (QED) is 0.657. The van der Waals surface area contributed by atoms with E-state index in [1.54, 1.807) is 0 Å². The Balaban J connectivity index is 1.52. The summed E-state index contributed by atoms with van der Waals surface area (Å²) in [5.41, 5.74) is 4.20. The molecule has 2 heterocycles. The number of rotatable bonds is 4. The maximum Gasteiger partial charge on any atom is 0.191 e. The number of guanidine groups is 1. The fourth-order valence-corrected chi connectivity index (χ4v) is 4.57. The van der Waals surface area contributed by atoms with Crippen LogP contribution in [-0.4, -0.2) is 44.1 Å². The topological polar surface area (TPSA) is 39.7 Å². The van der Waals surface area contributed by atoms with Crippen LogP contribution in [-0.2, 0) is 13.0 Å². The minimum atomic E-state index is 0.743. The summed E-state index contributed by atoms with van der Waals surface area (Å²) in [7, 11) is 4.03. The standard InChI is InChI=1S/C18H28N4S/c1-19-18(21-13-16-6-4-10-23-16)20-12-14-7-8-17-15(11-14)5-3-9-22(17)2/h7-8,11,16H,3-6,9-10,12-13H2,1-2H3,(H2,19,20,21). The Bertz CT molecular complexity index is 552. The number of hydrogen-bond acceptors (Lipinski definition) is 3. The lowest BCUT2D eigenvalue weighted by Crippen LogP contribution is -2.39. The number of hydrogen-bond donors (Lipinski definition) is 2. The maximum absolute atomic E-state index is 4.34. The molecule has 23 heavy (non-hydrogen) atoms. The van der Waals surface area contributed by atoms with Crippen molar-refractivity contribution in [3.05, 3.63) is 29.3 Å². The summed E-state index contributed by atoms with van der Waals surface area (Å²) in [4.78, 5) is 6.70. The molecule has 0 aromatic heterocycles. The van der Waals surface area contributed by atoms with Crippen molar-refractivity contribution in [3.63, 3.8) is 0 Å². The molecule has 1 aromatic carbocycles. The highest BCUT2D eigenvalue weighted by molar-refractivity contribution is 8.00. The Hall–Kier alpha value is -1.36. The molecular weight excluding hydrogens is 304 g/mol. The lowest BCUT2D eigenvalue weighted by molar-refractivity contribution is 0.723. The molecule has 1 fully saturated rings. The van der Waals surface area contributed by atoms with Gasteiger partial charge < -0.3 is 15.5 Å². The monoisotopic (exact) mass is 332 g/mol. The van der Waals surface area contributed by atoms with E-state index >= 15 is 0 Å². The molecular formula is C18H28N4S. The Labute approximate surface area is 144 Å². The number of nitrogens with zero attached hydrogens (tertiary/aromatic N) is 2. The fourth-order valence-electron chi connectivity index (χ4n) is 3.37. The smallest absolute Gasteiger partial charge is 0.191 e. The van der Waals surface area contributed by atoms with Crippen molar-refractivity contribution in [1.82, 2.24) is 10.6 Å². The van der Waals surface area contributed by atoms with E-state index in [0.29, 0.717) is 0 Å². The maximum atomic E-state index is 4.34. The second-order valence-corrected chi connectivity index (χ2v) is 7.84. The van der Waals surface area contributed by atoms with Gasteiger partial charge >= 0.3 is 0 Å². The van der Waals surface area contributed by atoms with E-state index in [1.807, 2.05) is 7.05 Å². The normalized spacial score (nSPS) is 21.2. The van der Waals surface area contributed by atoms with Crippen LogP contribution < -0.4 is 15.5 Å². The summed E-state index contributed by atoms with van der Waals surface area (Å²) in [5, 5.41) is 7.65. The predicted molar refractivity (Wildman–Crippen MR) is 102 cm³/mol. The van der Waals surface area contributed by atoms with Crippen LogP contribution in [0.15, 0.2) is 23.2 Å². The van der Waals surface area contributed by atoms with Crippen molar-refractivity contribution < 1.29 is 0 Å². The minimum Gasteiger partial charge on any atom is -0.374 e. The molecule has 3 rings (SSSR count). The van der Waals surface area contributed by atoms with Crippen LogP contribution in [0.3, 0.4) is 0 Å². The third kappa shape index (κ3) is 4.34. The van der Waals surface area contributed by atoms with Crippen LogP contribution in [0, 0.1) is 0 Å². The Morgan fingerprint density at radius 3 is 3.04 bits per heavy atom. The van der Waals surface area contributed by atoms with Crippen molar-refractivity contribution in [2.24, 2.45) is 4.99 Å². The highest BCUT2D eigenvalue weighted by atomic mass is 32.2. The van der Waals surface area contributed by atoms with Crippen LogP contribution in [0.2, 0.25) is 0 Å². The van der Waals surface area contributed by atoms with Crippen molar-refractivity contribution >= 4 is 23.4 Å². The number of benzene rings is 1. The summed E-state index contributed by atoms with van der Waals surface area (Å²) < 4.78 is 0. The van der Waals surface area contributed by atoms with Crippen LogP contribution in [0.1, 0.15) is 30.4 Å². The van der Waals surface area contributed by atoms with Crippen LogP contribution in [0.25, 0.3) is 0 Å². The third-order valence-corrected chi connectivity index (χ3v) is 6.10. The van der Waals surface area contributed by atoms with Crippen molar-refractivity contribution in [2.45, 2.75) is 37.5 Å². The number of aryl methyl sites for hydroxylation is 1. The summed E-state index contributed by atoms with van der Waals surface area (Å²) in [6, 6.07) is 6.84. The molecule has 2 N–H and O–H groups in total.